The molecule has 0 saturated carbocycles. The molecule has 0 aliphatic carbocycles. The highest BCUT2D eigenvalue weighted by molar-refractivity contribution is 7.17. The second kappa shape index (κ2) is 6.57. The van der Waals surface area contributed by atoms with Crippen molar-refractivity contribution in [2.24, 2.45) is 0 Å². The molecule has 4 rings (SSSR count). The van der Waals surface area contributed by atoms with Gasteiger partial charge in [-0.1, -0.05) is 24.3 Å². The van der Waals surface area contributed by atoms with Crippen LogP contribution in [0.15, 0.2) is 66.3 Å². The van der Waals surface area contributed by atoms with Crippen LogP contribution in [-0.2, 0) is 0 Å². The minimum absolute atomic E-state index is 0.738. The fraction of sp³-hybridized carbons (Fsp3) is 0.0952. The summed E-state index contributed by atoms with van der Waals surface area (Å²) in [6, 6.07) is 16.6. The zero-order valence-corrected chi connectivity index (χ0v) is 14.8. The number of pyridine rings is 1. The largest absolute Gasteiger partial charge is 0.493 e. The summed E-state index contributed by atoms with van der Waals surface area (Å²) in [6.45, 7) is 0. The lowest BCUT2D eigenvalue weighted by Gasteiger charge is -2.10. The van der Waals surface area contributed by atoms with Crippen molar-refractivity contribution in [2.75, 3.05) is 14.2 Å². The zero-order valence-electron chi connectivity index (χ0n) is 14.0. The fourth-order valence-electron chi connectivity index (χ4n) is 2.97. The Morgan fingerprint density at radius 1 is 0.840 bits per heavy atom. The van der Waals surface area contributed by atoms with E-state index in [1.165, 1.54) is 15.6 Å². The Kier molecular flexibility index (Phi) is 4.12. The number of benzene rings is 2. The van der Waals surface area contributed by atoms with Gasteiger partial charge in [-0.15, -0.1) is 11.3 Å². The third kappa shape index (κ3) is 2.85. The molecule has 0 saturated heterocycles. The van der Waals surface area contributed by atoms with E-state index in [9.17, 15) is 0 Å². The topological polar surface area (TPSA) is 31.4 Å². The molecule has 0 unspecified atom stereocenters. The molecule has 0 spiro atoms. The quantitative estimate of drug-likeness (QED) is 0.478. The summed E-state index contributed by atoms with van der Waals surface area (Å²) in [5, 5.41) is 3.45. The van der Waals surface area contributed by atoms with Gasteiger partial charge in [-0.2, -0.15) is 0 Å². The van der Waals surface area contributed by atoms with Crippen molar-refractivity contribution in [1.82, 2.24) is 4.98 Å². The molecular formula is C21H17NO2S. The zero-order chi connectivity index (χ0) is 17.2. The lowest BCUT2D eigenvalue weighted by Crippen LogP contribution is -1.90. The number of hydrogen-bond donors (Lipinski definition) is 0. The van der Waals surface area contributed by atoms with Crippen LogP contribution in [0.5, 0.6) is 11.5 Å². The molecule has 0 amide bonds. The molecule has 3 nitrogen and oxygen atoms in total. The van der Waals surface area contributed by atoms with Gasteiger partial charge in [0.2, 0.25) is 0 Å². The van der Waals surface area contributed by atoms with Gasteiger partial charge in [0.25, 0.3) is 0 Å². The fourth-order valence-corrected chi connectivity index (χ4v) is 3.98. The molecule has 4 heteroatoms. The Labute approximate surface area is 150 Å². The molecule has 124 valence electrons. The Bertz CT molecular complexity index is 1020. The lowest BCUT2D eigenvalue weighted by molar-refractivity contribution is 0.355. The van der Waals surface area contributed by atoms with Gasteiger partial charge < -0.3 is 9.47 Å². The van der Waals surface area contributed by atoms with Gasteiger partial charge in [-0.3, -0.25) is 4.98 Å². The minimum atomic E-state index is 0.738. The van der Waals surface area contributed by atoms with E-state index in [1.54, 1.807) is 31.8 Å². The van der Waals surface area contributed by atoms with E-state index in [0.29, 0.717) is 0 Å². The first-order chi connectivity index (χ1) is 12.3. The van der Waals surface area contributed by atoms with Gasteiger partial charge in [0, 0.05) is 33.6 Å². The van der Waals surface area contributed by atoms with Crippen molar-refractivity contribution in [3.63, 3.8) is 0 Å². The van der Waals surface area contributed by atoms with Gasteiger partial charge in [0.05, 0.1) is 14.2 Å². The molecule has 4 aromatic rings. The van der Waals surface area contributed by atoms with Crippen LogP contribution in [0.4, 0.5) is 0 Å². The predicted molar refractivity (Wildman–Crippen MR) is 104 cm³/mol. The maximum atomic E-state index is 5.42. The second-order valence-electron chi connectivity index (χ2n) is 5.67. The highest BCUT2D eigenvalue weighted by Gasteiger charge is 2.10. The number of rotatable bonds is 4. The van der Waals surface area contributed by atoms with Crippen molar-refractivity contribution >= 4 is 21.4 Å². The van der Waals surface area contributed by atoms with E-state index in [1.807, 2.05) is 24.4 Å². The Morgan fingerprint density at radius 3 is 2.40 bits per heavy atom. The first-order valence-corrected chi connectivity index (χ1v) is 8.82. The number of methoxy groups -OCH3 is 2. The third-order valence-electron chi connectivity index (χ3n) is 4.26. The van der Waals surface area contributed by atoms with Gasteiger partial charge in [0.1, 0.15) is 0 Å². The van der Waals surface area contributed by atoms with Gasteiger partial charge in [-0.05, 0) is 40.8 Å². The van der Waals surface area contributed by atoms with E-state index in [0.717, 1.165) is 28.2 Å². The third-order valence-corrected chi connectivity index (χ3v) is 5.21. The average molecular weight is 347 g/mol. The molecule has 25 heavy (non-hydrogen) atoms. The summed E-state index contributed by atoms with van der Waals surface area (Å²) >= 11 is 1.75. The van der Waals surface area contributed by atoms with Gasteiger partial charge in [0.15, 0.2) is 11.5 Å². The molecule has 0 bridgehead atoms. The van der Waals surface area contributed by atoms with E-state index in [-0.39, 0.29) is 0 Å². The van der Waals surface area contributed by atoms with Crippen LogP contribution in [-0.4, -0.2) is 19.2 Å². The first-order valence-electron chi connectivity index (χ1n) is 7.94. The van der Waals surface area contributed by atoms with Crippen LogP contribution in [0.2, 0.25) is 0 Å². The van der Waals surface area contributed by atoms with Crippen molar-refractivity contribution < 1.29 is 9.47 Å². The molecule has 2 aromatic heterocycles. The first kappa shape index (κ1) is 15.7. The highest BCUT2D eigenvalue weighted by Crippen LogP contribution is 2.38. The van der Waals surface area contributed by atoms with Crippen LogP contribution in [0.3, 0.4) is 0 Å². The number of hydrogen-bond acceptors (Lipinski definition) is 4. The van der Waals surface area contributed by atoms with Crippen LogP contribution >= 0.6 is 11.3 Å². The molecule has 0 N–H and O–H groups in total. The molecule has 0 aliphatic rings. The maximum Gasteiger partial charge on any atom is 0.161 e. The van der Waals surface area contributed by atoms with Gasteiger partial charge >= 0.3 is 0 Å². The predicted octanol–water partition coefficient (Wildman–Crippen LogP) is 5.65. The molecule has 0 aliphatic heterocycles. The number of nitrogens with zero attached hydrogens (tertiary/aromatic N) is 1. The van der Waals surface area contributed by atoms with Crippen molar-refractivity contribution in [1.29, 1.82) is 0 Å². The monoisotopic (exact) mass is 347 g/mol. The molecule has 0 atom stereocenters. The van der Waals surface area contributed by atoms with E-state index >= 15 is 0 Å². The smallest absolute Gasteiger partial charge is 0.161 e. The SMILES string of the molecule is COc1ccc(-c2ccc3c(-c4cccnc4)csc3c2)cc1OC. The maximum absolute atomic E-state index is 5.42. The molecule has 0 fully saturated rings. The molecule has 2 heterocycles. The normalized spacial score (nSPS) is 10.8. The highest BCUT2D eigenvalue weighted by atomic mass is 32.1. The van der Waals surface area contributed by atoms with Crippen molar-refractivity contribution in [3.05, 3.63) is 66.3 Å². The summed E-state index contributed by atoms with van der Waals surface area (Å²) < 4.78 is 12.0. The van der Waals surface area contributed by atoms with Crippen molar-refractivity contribution in [3.8, 4) is 33.8 Å². The summed E-state index contributed by atoms with van der Waals surface area (Å²) in [7, 11) is 3.31. The standard InChI is InChI=1S/C21H17NO2S/c1-23-19-8-6-14(10-20(19)24-2)15-5-7-17-18(13-25-21(17)11-15)16-4-3-9-22-12-16/h3-13H,1-2H3. The summed E-state index contributed by atoms with van der Waals surface area (Å²) in [5.41, 5.74) is 4.64. The Morgan fingerprint density at radius 2 is 1.64 bits per heavy atom. The summed E-state index contributed by atoms with van der Waals surface area (Å²) in [6.07, 6.45) is 3.71. The molecule has 2 aromatic carbocycles. The van der Waals surface area contributed by atoms with Crippen molar-refractivity contribution in [2.45, 2.75) is 0 Å². The number of ether oxygens (including phenoxy) is 2. The van der Waals surface area contributed by atoms with E-state index in [2.05, 4.69) is 40.7 Å². The summed E-state index contributed by atoms with van der Waals surface area (Å²) in [5.74, 6) is 1.48. The van der Waals surface area contributed by atoms with Crippen LogP contribution in [0.1, 0.15) is 0 Å². The number of fused-ring (bicyclic) bond motifs is 1. The number of aromatic nitrogens is 1. The lowest BCUT2D eigenvalue weighted by atomic mass is 10.0. The minimum Gasteiger partial charge on any atom is -0.493 e. The number of thiophene rings is 1. The van der Waals surface area contributed by atoms with Crippen LogP contribution in [0.25, 0.3) is 32.3 Å². The molecule has 0 radical (unpaired) electrons. The second-order valence-corrected chi connectivity index (χ2v) is 6.58. The van der Waals surface area contributed by atoms with E-state index in [4.69, 9.17) is 9.47 Å². The molecular weight excluding hydrogens is 330 g/mol. The summed E-state index contributed by atoms with van der Waals surface area (Å²) in [4.78, 5) is 4.23. The van der Waals surface area contributed by atoms with Gasteiger partial charge in [-0.25, -0.2) is 0 Å². The van der Waals surface area contributed by atoms with E-state index < -0.39 is 0 Å². The van der Waals surface area contributed by atoms with Crippen LogP contribution in [0, 0.1) is 0 Å². The Balaban J connectivity index is 1.78. The van der Waals surface area contributed by atoms with Crippen LogP contribution < -0.4 is 9.47 Å². The average Bonchev–Trinajstić information content (AvgIpc) is 3.11. The Hall–Kier alpha value is -2.85.